The van der Waals surface area contributed by atoms with Crippen LogP contribution in [0, 0.1) is 11.6 Å². The van der Waals surface area contributed by atoms with Crippen molar-refractivity contribution < 1.29 is 28.6 Å². The Kier molecular flexibility index (Phi) is 15.8. The van der Waals surface area contributed by atoms with Crippen molar-refractivity contribution in [3.63, 3.8) is 0 Å². The zero-order valence-electron chi connectivity index (χ0n) is 16.8. The number of unbranched alkanes of at least 4 members (excludes halogenated alkanes) is 2. The molecule has 29 heavy (non-hydrogen) atoms. The summed E-state index contributed by atoms with van der Waals surface area (Å²) >= 11 is 0.149. The Balaban J connectivity index is 0.000000407. The number of carbonyl (C=O) groups excluding carboxylic acids is 2. The minimum absolute atomic E-state index is 0.149. The van der Waals surface area contributed by atoms with E-state index in [2.05, 4.69) is 13.8 Å². The number of hydrogen-bond acceptors (Lipinski definition) is 4. The Morgan fingerprint density at radius 3 is 1.34 bits per heavy atom. The van der Waals surface area contributed by atoms with Crippen molar-refractivity contribution in [2.24, 2.45) is 0 Å². The Hall–Kier alpha value is -1.96. The number of carboxylic acids is 2. The van der Waals surface area contributed by atoms with Crippen LogP contribution in [0.5, 0.6) is 0 Å². The van der Waals surface area contributed by atoms with Crippen LogP contribution in [0.1, 0.15) is 60.2 Å². The Morgan fingerprint density at radius 1 is 0.759 bits per heavy atom. The molecule has 0 bridgehead atoms. The van der Waals surface area contributed by atoms with Gasteiger partial charge in [0.1, 0.15) is 11.6 Å². The van der Waals surface area contributed by atoms with Gasteiger partial charge >= 0.3 is 69.5 Å². The smallest absolute Gasteiger partial charge is 0.132 e. The average molecular weight is 511 g/mol. The van der Waals surface area contributed by atoms with E-state index in [1.54, 1.807) is 8.87 Å². The van der Waals surface area contributed by atoms with E-state index in [-0.39, 0.29) is 21.1 Å². The molecule has 2 aromatic rings. The molecule has 156 valence electrons. The van der Waals surface area contributed by atoms with Crippen LogP contribution in [0.3, 0.4) is 0 Å². The third kappa shape index (κ3) is 13.0. The molecule has 0 radical (unpaired) electrons. The van der Waals surface area contributed by atoms with Crippen molar-refractivity contribution in [1.29, 1.82) is 0 Å². The molecule has 0 aliphatic carbocycles. The number of aromatic carboxylic acids is 2. The Labute approximate surface area is 181 Å². The third-order valence-corrected chi connectivity index (χ3v) is 7.64. The predicted molar refractivity (Wildman–Crippen MR) is 107 cm³/mol. The third-order valence-electron chi connectivity index (χ3n) is 3.60. The molecule has 0 fully saturated rings. The van der Waals surface area contributed by atoms with Gasteiger partial charge in [0.05, 0.1) is 11.9 Å². The fraction of sp³-hybridized carbons (Fsp3) is 0.364. The number of halogens is 2. The molecule has 0 atom stereocenters. The maximum absolute atomic E-state index is 12.4. The van der Waals surface area contributed by atoms with Crippen LogP contribution < -0.4 is 10.2 Å². The SMILES string of the molecule is CCC[CH2][Sn+2][CH2]CCC.O=C([O-])c1ccccc1F.O=C([O-])c1ccccc1F. The van der Waals surface area contributed by atoms with E-state index in [4.69, 9.17) is 0 Å². The molecule has 2 rings (SSSR count). The molecular formula is C22H26F2O4Sn. The molecule has 0 N–H and O–H groups in total. The molecule has 0 heterocycles. The van der Waals surface area contributed by atoms with Crippen LogP contribution in [-0.2, 0) is 0 Å². The molecule has 2 aromatic carbocycles. The zero-order valence-corrected chi connectivity index (χ0v) is 19.6. The van der Waals surface area contributed by atoms with Gasteiger partial charge in [-0.15, -0.1) is 0 Å². The molecule has 0 saturated carbocycles. The van der Waals surface area contributed by atoms with Gasteiger partial charge < -0.3 is 19.8 Å². The molecule has 0 unspecified atom stereocenters. The number of benzene rings is 2. The summed E-state index contributed by atoms with van der Waals surface area (Å²) in [6, 6.07) is 10.2. The van der Waals surface area contributed by atoms with Gasteiger partial charge in [-0.25, -0.2) is 8.78 Å². The standard InChI is InChI=1S/2C7H5FO2.2C4H9.Sn/c2*8-6-4-2-1-3-5(6)7(9)10;2*1-3-4-2;/h2*1-4H,(H,9,10);2*1,3-4H2,2H3;/q;;;;+2/p-2. The maximum Gasteiger partial charge on any atom is 0.132 e. The topological polar surface area (TPSA) is 80.3 Å². The Morgan fingerprint density at radius 2 is 1.10 bits per heavy atom. The molecule has 0 spiro atoms. The number of hydrogen-bond donors (Lipinski definition) is 0. The molecule has 7 heteroatoms. The van der Waals surface area contributed by atoms with Crippen LogP contribution in [0.4, 0.5) is 8.78 Å². The van der Waals surface area contributed by atoms with Gasteiger partial charge in [-0.3, -0.25) is 0 Å². The summed E-state index contributed by atoms with van der Waals surface area (Å²) in [5.41, 5.74) is -0.801. The van der Waals surface area contributed by atoms with Crippen LogP contribution in [0.15, 0.2) is 48.5 Å². The summed E-state index contributed by atoms with van der Waals surface area (Å²) < 4.78 is 28.1. The second kappa shape index (κ2) is 16.9. The van der Waals surface area contributed by atoms with Gasteiger partial charge in [0, 0.05) is 11.1 Å². The van der Waals surface area contributed by atoms with Crippen molar-refractivity contribution >= 4 is 33.1 Å². The van der Waals surface area contributed by atoms with E-state index in [1.807, 2.05) is 0 Å². The summed E-state index contributed by atoms with van der Waals surface area (Å²) in [7, 11) is 0. The van der Waals surface area contributed by atoms with Crippen LogP contribution in [0.2, 0.25) is 8.87 Å². The molecule has 0 aliphatic heterocycles. The summed E-state index contributed by atoms with van der Waals surface area (Å²) in [6.07, 6.45) is 5.84. The van der Waals surface area contributed by atoms with Gasteiger partial charge in [-0.05, 0) is 12.1 Å². The zero-order chi connectivity index (χ0) is 22.1. The van der Waals surface area contributed by atoms with Gasteiger partial charge in [-0.1, -0.05) is 36.4 Å². The number of rotatable bonds is 8. The normalized spacial score (nSPS) is 9.24. The second-order valence-corrected chi connectivity index (χ2v) is 10.3. The van der Waals surface area contributed by atoms with E-state index in [9.17, 15) is 28.6 Å². The van der Waals surface area contributed by atoms with Gasteiger partial charge in [0.15, 0.2) is 0 Å². The summed E-state index contributed by atoms with van der Waals surface area (Å²) in [6.45, 7) is 4.58. The van der Waals surface area contributed by atoms with Gasteiger partial charge in [0.2, 0.25) is 0 Å². The van der Waals surface area contributed by atoms with Crippen molar-refractivity contribution in [3.8, 4) is 0 Å². The molecular weight excluding hydrogens is 485 g/mol. The van der Waals surface area contributed by atoms with E-state index in [0.717, 1.165) is 24.3 Å². The van der Waals surface area contributed by atoms with E-state index in [1.165, 1.54) is 49.9 Å². The molecule has 0 aromatic heterocycles. The maximum atomic E-state index is 12.4. The van der Waals surface area contributed by atoms with Crippen LogP contribution in [0.25, 0.3) is 0 Å². The van der Waals surface area contributed by atoms with Gasteiger partial charge in [-0.2, -0.15) is 0 Å². The second-order valence-electron chi connectivity index (χ2n) is 5.99. The first-order chi connectivity index (χ1) is 13.8. The average Bonchev–Trinajstić information content (AvgIpc) is 2.69. The first-order valence-corrected chi connectivity index (χ1v) is 13.5. The minimum Gasteiger partial charge on any atom is -0.545 e. The summed E-state index contributed by atoms with van der Waals surface area (Å²) in [5.74, 6) is -4.50. The van der Waals surface area contributed by atoms with Crippen LogP contribution in [-0.4, -0.2) is 33.1 Å². The fourth-order valence-corrected chi connectivity index (χ4v) is 6.14. The molecule has 0 saturated heterocycles. The van der Waals surface area contributed by atoms with E-state index >= 15 is 0 Å². The van der Waals surface area contributed by atoms with Crippen LogP contribution >= 0.6 is 0 Å². The number of carboxylic acid groups (broad SMARTS) is 2. The van der Waals surface area contributed by atoms with E-state index < -0.39 is 34.7 Å². The summed E-state index contributed by atoms with van der Waals surface area (Å²) in [5, 5.41) is 20.1. The predicted octanol–water partition coefficient (Wildman–Crippen LogP) is 3.51. The first kappa shape index (κ1) is 27.0. The van der Waals surface area contributed by atoms with Crippen molar-refractivity contribution in [3.05, 3.63) is 71.3 Å². The fourth-order valence-electron chi connectivity index (χ4n) is 1.98. The van der Waals surface area contributed by atoms with Crippen molar-refractivity contribution in [2.45, 2.75) is 48.4 Å². The van der Waals surface area contributed by atoms with Crippen molar-refractivity contribution in [1.82, 2.24) is 0 Å². The largest absolute Gasteiger partial charge is 0.545 e. The Bertz CT molecular complexity index is 677. The molecule has 4 nitrogen and oxygen atoms in total. The monoisotopic (exact) mass is 512 g/mol. The van der Waals surface area contributed by atoms with Crippen molar-refractivity contribution in [2.75, 3.05) is 0 Å². The summed E-state index contributed by atoms with van der Waals surface area (Å²) in [4.78, 5) is 20.1. The van der Waals surface area contributed by atoms with Gasteiger partial charge in [0.25, 0.3) is 0 Å². The quantitative estimate of drug-likeness (QED) is 0.402. The minimum atomic E-state index is -1.49. The molecule has 0 amide bonds. The first-order valence-electron chi connectivity index (χ1n) is 9.47. The van der Waals surface area contributed by atoms with E-state index in [0.29, 0.717) is 0 Å². The molecule has 0 aliphatic rings. The number of carbonyl (C=O) groups is 2.